The van der Waals surface area contributed by atoms with Crippen molar-refractivity contribution in [2.24, 2.45) is 0 Å². The van der Waals surface area contributed by atoms with Crippen molar-refractivity contribution in [1.82, 2.24) is 4.98 Å². The molecule has 3 aromatic rings. The molecule has 0 amide bonds. The fourth-order valence-corrected chi connectivity index (χ4v) is 3.21. The summed E-state index contributed by atoms with van der Waals surface area (Å²) in [7, 11) is 0. The molecule has 0 saturated carbocycles. The summed E-state index contributed by atoms with van der Waals surface area (Å²) in [5.74, 6) is -0.465. The number of anilines is 2. The van der Waals surface area contributed by atoms with Crippen LogP contribution in [0.4, 0.5) is 11.4 Å². The minimum atomic E-state index is -0.893. The summed E-state index contributed by atoms with van der Waals surface area (Å²) in [6.07, 6.45) is 0.00930. The third-order valence-electron chi connectivity index (χ3n) is 4.14. The topological polar surface area (TPSA) is 104 Å². The molecule has 0 unspecified atom stereocenters. The Hall–Kier alpha value is -3.07. The van der Waals surface area contributed by atoms with E-state index in [-0.39, 0.29) is 32.0 Å². The first-order chi connectivity index (χ1) is 14.9. The number of pyridine rings is 1. The highest BCUT2D eigenvalue weighted by molar-refractivity contribution is 6.39. The highest BCUT2D eigenvalue weighted by Crippen LogP contribution is 2.33. The average molecular weight is 499 g/mol. The number of aromatic nitrogens is 1. The second kappa shape index (κ2) is 12.1. The Labute approximate surface area is 200 Å². The standard InChI is InChI=1S/C21H17Cl2N3O5.ClH/c22-17-8-4-9-18(23)21(17)25-19-10-2-1-5-14(19)11-20(27)30-12-15-6-3-7-16(24-15)13-31-26(28)29;/h1-10,25H,11-13H2;1H. The lowest BCUT2D eigenvalue weighted by Gasteiger charge is -2.14. The van der Waals surface area contributed by atoms with E-state index in [1.54, 1.807) is 42.5 Å². The molecule has 0 aliphatic rings. The normalized spacial score (nSPS) is 10.1. The predicted octanol–water partition coefficient (Wildman–Crippen LogP) is 5.55. The van der Waals surface area contributed by atoms with Crippen LogP contribution in [0.1, 0.15) is 17.0 Å². The van der Waals surface area contributed by atoms with Crippen LogP contribution in [-0.4, -0.2) is 16.0 Å². The molecule has 168 valence electrons. The smallest absolute Gasteiger partial charge is 0.310 e. The zero-order valence-electron chi connectivity index (χ0n) is 16.5. The molecule has 3 rings (SSSR count). The van der Waals surface area contributed by atoms with Gasteiger partial charge in [-0.2, -0.15) is 0 Å². The van der Waals surface area contributed by atoms with E-state index in [9.17, 15) is 14.9 Å². The summed E-state index contributed by atoms with van der Waals surface area (Å²) in [5.41, 5.74) is 2.73. The van der Waals surface area contributed by atoms with Crippen LogP contribution in [0.15, 0.2) is 60.7 Å². The van der Waals surface area contributed by atoms with Crippen molar-refractivity contribution in [3.8, 4) is 0 Å². The fraction of sp³-hybridized carbons (Fsp3) is 0.143. The van der Waals surface area contributed by atoms with Crippen LogP contribution >= 0.6 is 35.6 Å². The number of benzene rings is 2. The van der Waals surface area contributed by atoms with Gasteiger partial charge in [-0.25, -0.2) is 0 Å². The van der Waals surface area contributed by atoms with Crippen LogP contribution < -0.4 is 5.32 Å². The van der Waals surface area contributed by atoms with Crippen molar-refractivity contribution in [2.45, 2.75) is 19.6 Å². The molecule has 1 heterocycles. The van der Waals surface area contributed by atoms with Gasteiger partial charge in [-0.3, -0.25) is 9.78 Å². The molecule has 11 heteroatoms. The van der Waals surface area contributed by atoms with Crippen molar-refractivity contribution in [2.75, 3.05) is 5.32 Å². The number of hydrogen-bond acceptors (Lipinski definition) is 7. The van der Waals surface area contributed by atoms with Gasteiger partial charge >= 0.3 is 5.97 Å². The third kappa shape index (κ3) is 7.26. The lowest BCUT2D eigenvalue weighted by molar-refractivity contribution is -0.763. The minimum absolute atomic E-state index is 0. The van der Waals surface area contributed by atoms with Gasteiger partial charge in [0.1, 0.15) is 13.2 Å². The molecule has 32 heavy (non-hydrogen) atoms. The first-order valence-corrected chi connectivity index (χ1v) is 9.84. The van der Waals surface area contributed by atoms with Gasteiger partial charge in [0.15, 0.2) is 0 Å². The Morgan fingerprint density at radius 1 is 0.969 bits per heavy atom. The molecule has 0 saturated heterocycles. The number of nitrogens with zero attached hydrogens (tertiary/aromatic N) is 2. The Bertz CT molecular complexity index is 1080. The van der Waals surface area contributed by atoms with Crippen LogP contribution in [0.25, 0.3) is 0 Å². The molecule has 0 radical (unpaired) electrons. The Morgan fingerprint density at radius 2 is 1.59 bits per heavy atom. The number of carbonyl (C=O) groups excluding carboxylic acids is 1. The van der Waals surface area contributed by atoms with Crippen molar-refractivity contribution in [1.29, 1.82) is 0 Å². The second-order valence-electron chi connectivity index (χ2n) is 6.33. The number of carbonyl (C=O) groups is 1. The molecule has 0 aliphatic carbocycles. The summed E-state index contributed by atoms with van der Waals surface area (Å²) < 4.78 is 5.31. The number of para-hydroxylation sites is 2. The highest BCUT2D eigenvalue weighted by Gasteiger charge is 2.13. The Kier molecular flexibility index (Phi) is 9.52. The van der Waals surface area contributed by atoms with Crippen molar-refractivity contribution < 1.29 is 19.5 Å². The van der Waals surface area contributed by atoms with Crippen molar-refractivity contribution in [3.05, 3.63) is 97.8 Å². The summed E-state index contributed by atoms with van der Waals surface area (Å²) in [6, 6.07) is 17.3. The van der Waals surface area contributed by atoms with Gasteiger partial charge in [0.2, 0.25) is 0 Å². The number of hydrogen-bond donors (Lipinski definition) is 1. The number of rotatable bonds is 9. The molecule has 0 spiro atoms. The van der Waals surface area contributed by atoms with Crippen LogP contribution in [0.5, 0.6) is 0 Å². The van der Waals surface area contributed by atoms with Crippen LogP contribution in [0.3, 0.4) is 0 Å². The van der Waals surface area contributed by atoms with E-state index in [4.69, 9.17) is 27.9 Å². The van der Waals surface area contributed by atoms with E-state index in [1.165, 1.54) is 0 Å². The lowest BCUT2D eigenvalue weighted by atomic mass is 10.1. The molecule has 0 bridgehead atoms. The van der Waals surface area contributed by atoms with Gasteiger partial charge in [0.05, 0.1) is 33.5 Å². The monoisotopic (exact) mass is 497 g/mol. The average Bonchev–Trinajstić information content (AvgIpc) is 2.75. The molecule has 0 fully saturated rings. The summed E-state index contributed by atoms with van der Waals surface area (Å²) >= 11 is 12.4. The Morgan fingerprint density at radius 3 is 2.28 bits per heavy atom. The molecule has 0 atom stereocenters. The third-order valence-corrected chi connectivity index (χ3v) is 4.77. The van der Waals surface area contributed by atoms with E-state index in [0.717, 1.165) is 0 Å². The van der Waals surface area contributed by atoms with E-state index in [0.29, 0.717) is 38.4 Å². The molecular formula is C21H18Cl3N3O5. The van der Waals surface area contributed by atoms with Gasteiger partial charge in [0.25, 0.3) is 5.09 Å². The largest absolute Gasteiger partial charge is 0.459 e. The Balaban J connectivity index is 0.00000363. The van der Waals surface area contributed by atoms with Gasteiger partial charge < -0.3 is 14.9 Å². The van der Waals surface area contributed by atoms with Gasteiger partial charge in [-0.05, 0) is 35.9 Å². The molecule has 2 aromatic carbocycles. The highest BCUT2D eigenvalue weighted by atomic mass is 35.5. The first kappa shape index (κ1) is 25.2. The van der Waals surface area contributed by atoms with E-state index >= 15 is 0 Å². The molecular weight excluding hydrogens is 481 g/mol. The maximum atomic E-state index is 12.4. The van der Waals surface area contributed by atoms with Crippen LogP contribution in [0, 0.1) is 10.1 Å². The van der Waals surface area contributed by atoms with Crippen molar-refractivity contribution >= 4 is 53.0 Å². The lowest BCUT2D eigenvalue weighted by Crippen LogP contribution is -2.11. The van der Waals surface area contributed by atoms with Crippen LogP contribution in [0.2, 0.25) is 10.0 Å². The van der Waals surface area contributed by atoms with Crippen molar-refractivity contribution in [3.63, 3.8) is 0 Å². The zero-order chi connectivity index (χ0) is 22.2. The van der Waals surface area contributed by atoms with Gasteiger partial charge in [-0.15, -0.1) is 22.5 Å². The molecule has 1 aromatic heterocycles. The van der Waals surface area contributed by atoms with E-state index in [1.807, 2.05) is 18.2 Å². The fourth-order valence-electron chi connectivity index (χ4n) is 2.72. The zero-order valence-corrected chi connectivity index (χ0v) is 18.8. The summed E-state index contributed by atoms with van der Waals surface area (Å²) in [5, 5.41) is 13.5. The number of halogens is 3. The molecule has 1 N–H and O–H groups in total. The SMILES string of the molecule is Cl.O=C(Cc1ccccc1Nc1c(Cl)cccc1Cl)OCc1cccc(CO[N+](=O)[O-])n1. The summed E-state index contributed by atoms with van der Waals surface area (Å²) in [4.78, 5) is 31.1. The predicted molar refractivity (Wildman–Crippen MR) is 123 cm³/mol. The minimum Gasteiger partial charge on any atom is -0.459 e. The second-order valence-corrected chi connectivity index (χ2v) is 7.15. The van der Waals surface area contributed by atoms with Crippen LogP contribution in [-0.2, 0) is 34.0 Å². The maximum Gasteiger partial charge on any atom is 0.310 e. The van der Waals surface area contributed by atoms with E-state index < -0.39 is 11.1 Å². The van der Waals surface area contributed by atoms with Gasteiger partial charge in [0, 0.05) is 5.69 Å². The molecule has 0 aliphatic heterocycles. The van der Waals surface area contributed by atoms with E-state index in [2.05, 4.69) is 15.1 Å². The quantitative estimate of drug-likeness (QED) is 0.234. The maximum absolute atomic E-state index is 12.4. The number of esters is 1. The summed E-state index contributed by atoms with van der Waals surface area (Å²) in [6.45, 7) is -0.352. The van der Waals surface area contributed by atoms with Gasteiger partial charge in [-0.1, -0.05) is 53.5 Å². The first-order valence-electron chi connectivity index (χ1n) is 9.09. The molecule has 8 nitrogen and oxygen atoms in total. The number of ether oxygens (including phenoxy) is 1. The number of nitrogens with one attached hydrogen (secondary N) is 1.